The van der Waals surface area contributed by atoms with Crippen molar-refractivity contribution in [3.8, 4) is 0 Å². The van der Waals surface area contributed by atoms with E-state index in [4.69, 9.17) is 0 Å². The van der Waals surface area contributed by atoms with Crippen molar-refractivity contribution in [2.75, 3.05) is 6.54 Å². The molecule has 1 saturated carbocycles. The van der Waals surface area contributed by atoms with E-state index in [1.807, 2.05) is 0 Å². The predicted molar refractivity (Wildman–Crippen MR) is 96.2 cm³/mol. The molecule has 1 aliphatic rings. The van der Waals surface area contributed by atoms with Gasteiger partial charge in [-0.3, -0.25) is 0 Å². The lowest BCUT2D eigenvalue weighted by Gasteiger charge is -2.20. The molecule has 0 saturated heterocycles. The van der Waals surface area contributed by atoms with Crippen LogP contribution in [0.4, 0.5) is 0 Å². The van der Waals surface area contributed by atoms with Gasteiger partial charge in [0.15, 0.2) is 0 Å². The molecule has 3 rings (SSSR count). The van der Waals surface area contributed by atoms with E-state index in [9.17, 15) is 0 Å². The van der Waals surface area contributed by atoms with Gasteiger partial charge in [0.05, 0.1) is 0 Å². The molecule has 0 bridgehead atoms. The fraction of sp³-hybridized carbons (Fsp3) is 0.524. The molecule has 118 valence electrons. The summed E-state index contributed by atoms with van der Waals surface area (Å²) < 4.78 is 0. The summed E-state index contributed by atoms with van der Waals surface area (Å²) in [7, 11) is 0. The first-order chi connectivity index (χ1) is 10.8. The van der Waals surface area contributed by atoms with Crippen LogP contribution < -0.4 is 5.32 Å². The molecule has 1 heteroatoms. The first-order valence-electron chi connectivity index (χ1n) is 9.01. The Hall–Kier alpha value is -1.34. The molecule has 0 radical (unpaired) electrons. The van der Waals surface area contributed by atoms with Gasteiger partial charge in [0, 0.05) is 6.54 Å². The summed E-state index contributed by atoms with van der Waals surface area (Å²) in [5, 5.41) is 6.40. The third-order valence-corrected chi connectivity index (χ3v) is 5.05. The van der Waals surface area contributed by atoms with Crippen molar-refractivity contribution in [1.82, 2.24) is 5.32 Å². The van der Waals surface area contributed by atoms with Crippen molar-refractivity contribution in [1.29, 1.82) is 0 Å². The summed E-state index contributed by atoms with van der Waals surface area (Å²) in [4.78, 5) is 0. The van der Waals surface area contributed by atoms with Crippen LogP contribution in [-0.2, 0) is 6.54 Å². The minimum Gasteiger partial charge on any atom is -0.312 e. The van der Waals surface area contributed by atoms with Crippen LogP contribution in [0.3, 0.4) is 0 Å². The Morgan fingerprint density at radius 1 is 0.864 bits per heavy atom. The summed E-state index contributed by atoms with van der Waals surface area (Å²) in [5.41, 5.74) is 2.74. The molecule has 1 N–H and O–H groups in total. The molecule has 0 spiro atoms. The van der Waals surface area contributed by atoms with Gasteiger partial charge >= 0.3 is 0 Å². The number of hydrogen-bond donors (Lipinski definition) is 1. The normalized spacial score (nSPS) is 17.3. The number of nitrogens with one attached hydrogen (secondary N) is 1. The van der Waals surface area contributed by atoms with Crippen LogP contribution in [0.25, 0.3) is 10.8 Å². The first kappa shape index (κ1) is 15.6. The molecule has 2 aromatic carbocycles. The number of rotatable bonds is 4. The zero-order chi connectivity index (χ0) is 15.2. The fourth-order valence-electron chi connectivity index (χ4n) is 3.69. The van der Waals surface area contributed by atoms with Gasteiger partial charge in [0.1, 0.15) is 0 Å². The summed E-state index contributed by atoms with van der Waals surface area (Å²) in [6, 6.07) is 13.6. The fourth-order valence-corrected chi connectivity index (χ4v) is 3.69. The van der Waals surface area contributed by atoms with E-state index in [2.05, 4.69) is 48.6 Å². The van der Waals surface area contributed by atoms with Crippen molar-refractivity contribution in [2.45, 2.75) is 58.4 Å². The molecule has 1 fully saturated rings. The monoisotopic (exact) mass is 295 g/mol. The van der Waals surface area contributed by atoms with Gasteiger partial charge in [-0.1, -0.05) is 68.0 Å². The van der Waals surface area contributed by atoms with Crippen LogP contribution in [0.15, 0.2) is 36.4 Å². The van der Waals surface area contributed by atoms with E-state index < -0.39 is 0 Å². The van der Waals surface area contributed by atoms with E-state index in [1.165, 1.54) is 73.4 Å². The predicted octanol–water partition coefficient (Wildman–Crippen LogP) is 5.60. The van der Waals surface area contributed by atoms with Gasteiger partial charge in [0.2, 0.25) is 0 Å². The van der Waals surface area contributed by atoms with E-state index in [0.29, 0.717) is 0 Å². The van der Waals surface area contributed by atoms with Gasteiger partial charge in [-0.25, -0.2) is 0 Å². The summed E-state index contributed by atoms with van der Waals surface area (Å²) in [5.74, 6) is 0.892. The smallest absolute Gasteiger partial charge is 0.0205 e. The quantitative estimate of drug-likeness (QED) is 0.774. The lowest BCUT2D eigenvalue weighted by molar-refractivity contribution is 0.361. The van der Waals surface area contributed by atoms with Crippen LogP contribution in [0.5, 0.6) is 0 Å². The average Bonchev–Trinajstić information content (AvgIpc) is 2.49. The largest absolute Gasteiger partial charge is 0.312 e. The average molecular weight is 295 g/mol. The zero-order valence-corrected chi connectivity index (χ0v) is 13.9. The van der Waals surface area contributed by atoms with Gasteiger partial charge in [0.25, 0.3) is 0 Å². The third kappa shape index (κ3) is 4.33. The zero-order valence-electron chi connectivity index (χ0n) is 13.9. The molecule has 0 heterocycles. The standard InChI is InChI=1S/C21H29N/c1-17-9-11-21-14-19(10-12-20(21)13-17)16-22-15-18-7-5-3-2-4-6-8-18/h9-14,18,22H,2-8,15-16H2,1H3. The Kier molecular flexibility index (Phi) is 5.50. The molecule has 0 atom stereocenters. The van der Waals surface area contributed by atoms with Crippen molar-refractivity contribution < 1.29 is 0 Å². The summed E-state index contributed by atoms with van der Waals surface area (Å²) in [6.45, 7) is 4.34. The lowest BCUT2D eigenvalue weighted by atomic mass is 9.91. The highest BCUT2D eigenvalue weighted by Gasteiger charge is 2.10. The minimum atomic E-state index is 0.892. The molecule has 0 aliphatic heterocycles. The highest BCUT2D eigenvalue weighted by Crippen LogP contribution is 2.22. The molecular weight excluding hydrogens is 266 g/mol. The minimum absolute atomic E-state index is 0.892. The summed E-state index contributed by atoms with van der Waals surface area (Å²) in [6.07, 6.45) is 10.1. The SMILES string of the molecule is Cc1ccc2cc(CNCC3CCCCCCC3)ccc2c1. The lowest BCUT2D eigenvalue weighted by Crippen LogP contribution is -2.23. The Morgan fingerprint density at radius 3 is 2.36 bits per heavy atom. The van der Waals surface area contributed by atoms with Crippen LogP contribution in [0.1, 0.15) is 56.1 Å². The number of aryl methyl sites for hydroxylation is 1. The molecule has 0 aromatic heterocycles. The van der Waals surface area contributed by atoms with Crippen molar-refractivity contribution in [2.24, 2.45) is 5.92 Å². The highest BCUT2D eigenvalue weighted by molar-refractivity contribution is 5.83. The van der Waals surface area contributed by atoms with Gasteiger partial charge in [-0.15, -0.1) is 0 Å². The Balaban J connectivity index is 1.53. The van der Waals surface area contributed by atoms with Crippen LogP contribution in [0, 0.1) is 12.8 Å². The molecule has 22 heavy (non-hydrogen) atoms. The maximum absolute atomic E-state index is 3.70. The number of fused-ring (bicyclic) bond motifs is 1. The Morgan fingerprint density at radius 2 is 1.55 bits per heavy atom. The maximum atomic E-state index is 3.70. The second-order valence-corrected chi connectivity index (χ2v) is 7.03. The topological polar surface area (TPSA) is 12.0 Å². The van der Waals surface area contributed by atoms with Gasteiger partial charge < -0.3 is 5.32 Å². The van der Waals surface area contributed by atoms with Crippen molar-refractivity contribution in [3.63, 3.8) is 0 Å². The van der Waals surface area contributed by atoms with E-state index in [0.717, 1.165) is 12.5 Å². The third-order valence-electron chi connectivity index (χ3n) is 5.05. The first-order valence-corrected chi connectivity index (χ1v) is 9.01. The Labute approximate surface area is 135 Å². The van der Waals surface area contributed by atoms with Crippen LogP contribution >= 0.6 is 0 Å². The highest BCUT2D eigenvalue weighted by atomic mass is 14.9. The number of hydrogen-bond acceptors (Lipinski definition) is 1. The molecule has 0 unspecified atom stereocenters. The van der Waals surface area contributed by atoms with Crippen LogP contribution in [-0.4, -0.2) is 6.54 Å². The van der Waals surface area contributed by atoms with Gasteiger partial charge in [-0.05, 0) is 54.6 Å². The second kappa shape index (κ2) is 7.78. The van der Waals surface area contributed by atoms with Gasteiger partial charge in [-0.2, -0.15) is 0 Å². The van der Waals surface area contributed by atoms with Crippen LogP contribution in [0.2, 0.25) is 0 Å². The van der Waals surface area contributed by atoms with E-state index in [-0.39, 0.29) is 0 Å². The number of benzene rings is 2. The maximum Gasteiger partial charge on any atom is 0.0205 e. The summed E-state index contributed by atoms with van der Waals surface area (Å²) >= 11 is 0. The molecule has 1 aliphatic carbocycles. The second-order valence-electron chi connectivity index (χ2n) is 7.03. The van der Waals surface area contributed by atoms with E-state index >= 15 is 0 Å². The van der Waals surface area contributed by atoms with Crippen molar-refractivity contribution in [3.05, 3.63) is 47.5 Å². The molecule has 2 aromatic rings. The molecule has 1 nitrogen and oxygen atoms in total. The molecular formula is C21H29N. The molecule has 0 amide bonds. The Bertz CT molecular complexity index is 594. The van der Waals surface area contributed by atoms with Crippen molar-refractivity contribution >= 4 is 10.8 Å². The van der Waals surface area contributed by atoms with E-state index in [1.54, 1.807) is 0 Å².